The van der Waals surface area contributed by atoms with Crippen molar-refractivity contribution < 1.29 is 0 Å². The summed E-state index contributed by atoms with van der Waals surface area (Å²) in [5, 5.41) is 3.58. The van der Waals surface area contributed by atoms with Gasteiger partial charge in [-0.3, -0.25) is 0 Å². The average Bonchev–Trinajstić information content (AvgIpc) is 2.41. The van der Waals surface area contributed by atoms with Crippen molar-refractivity contribution in [1.29, 1.82) is 0 Å². The topological polar surface area (TPSA) is 15.3 Å². The van der Waals surface area contributed by atoms with Crippen LogP contribution in [0.4, 0.5) is 0 Å². The van der Waals surface area contributed by atoms with Crippen LogP contribution in [0.15, 0.2) is 0 Å². The zero-order valence-electron chi connectivity index (χ0n) is 13.8. The molecular formula is C17H36N2. The third-order valence-corrected chi connectivity index (χ3v) is 4.75. The maximum absolute atomic E-state index is 3.58. The third kappa shape index (κ3) is 7.31. The summed E-state index contributed by atoms with van der Waals surface area (Å²) in [6, 6.07) is 1.56. The first-order valence-electron chi connectivity index (χ1n) is 8.57. The van der Waals surface area contributed by atoms with E-state index in [2.05, 4.69) is 38.0 Å². The van der Waals surface area contributed by atoms with Gasteiger partial charge in [0.2, 0.25) is 0 Å². The molecule has 1 saturated carbocycles. The smallest absolute Gasteiger partial charge is 0.00924 e. The van der Waals surface area contributed by atoms with E-state index in [9.17, 15) is 0 Å². The second-order valence-electron chi connectivity index (χ2n) is 6.75. The number of nitrogens with zero attached hydrogens (tertiary/aromatic N) is 1. The van der Waals surface area contributed by atoms with Crippen molar-refractivity contribution in [3.8, 4) is 0 Å². The zero-order chi connectivity index (χ0) is 14.1. The third-order valence-electron chi connectivity index (χ3n) is 4.75. The summed E-state index contributed by atoms with van der Waals surface area (Å²) in [7, 11) is 2.33. The lowest BCUT2D eigenvalue weighted by molar-refractivity contribution is 0.167. The minimum absolute atomic E-state index is 0.695. The van der Waals surface area contributed by atoms with Crippen molar-refractivity contribution in [2.75, 3.05) is 20.1 Å². The highest BCUT2D eigenvalue weighted by Gasteiger charge is 2.21. The van der Waals surface area contributed by atoms with E-state index >= 15 is 0 Å². The minimum Gasteiger partial charge on any atom is -0.314 e. The molecule has 0 heterocycles. The van der Waals surface area contributed by atoms with Crippen LogP contribution in [-0.4, -0.2) is 37.1 Å². The van der Waals surface area contributed by atoms with E-state index in [1.165, 1.54) is 64.5 Å². The Morgan fingerprint density at radius 3 is 2.47 bits per heavy atom. The van der Waals surface area contributed by atoms with Gasteiger partial charge in [-0.05, 0) is 77.9 Å². The van der Waals surface area contributed by atoms with E-state index in [4.69, 9.17) is 0 Å². The fourth-order valence-corrected chi connectivity index (χ4v) is 3.17. The molecule has 1 unspecified atom stereocenters. The minimum atomic E-state index is 0.695. The molecule has 1 fully saturated rings. The number of unbranched alkanes of at least 4 members (excludes halogenated alkanes) is 1. The van der Waals surface area contributed by atoms with E-state index in [1.54, 1.807) is 0 Å². The van der Waals surface area contributed by atoms with Gasteiger partial charge < -0.3 is 10.2 Å². The molecule has 114 valence electrons. The Morgan fingerprint density at radius 2 is 1.84 bits per heavy atom. The van der Waals surface area contributed by atoms with Gasteiger partial charge in [-0.1, -0.05) is 20.3 Å². The highest BCUT2D eigenvalue weighted by Crippen LogP contribution is 2.26. The number of nitrogens with one attached hydrogen (secondary N) is 1. The first-order valence-corrected chi connectivity index (χ1v) is 8.57. The molecule has 0 radical (unpaired) electrons. The molecule has 0 amide bonds. The summed E-state index contributed by atoms with van der Waals surface area (Å²) in [5.74, 6) is 0.968. The first-order chi connectivity index (χ1) is 9.13. The highest BCUT2D eigenvalue weighted by molar-refractivity contribution is 4.76. The summed E-state index contributed by atoms with van der Waals surface area (Å²) in [6.07, 6.45) is 11.0. The van der Waals surface area contributed by atoms with Crippen molar-refractivity contribution in [3.05, 3.63) is 0 Å². The molecule has 2 nitrogen and oxygen atoms in total. The van der Waals surface area contributed by atoms with E-state index in [0.717, 1.165) is 12.0 Å². The second-order valence-corrected chi connectivity index (χ2v) is 6.75. The lowest BCUT2D eigenvalue weighted by atomic mass is 9.87. The molecular weight excluding hydrogens is 232 g/mol. The van der Waals surface area contributed by atoms with Crippen LogP contribution in [0.3, 0.4) is 0 Å². The molecule has 0 aliphatic heterocycles. The predicted octanol–water partition coefficient (Wildman–Crippen LogP) is 4.06. The zero-order valence-corrected chi connectivity index (χ0v) is 13.8. The molecule has 0 bridgehead atoms. The Hall–Kier alpha value is -0.0800. The van der Waals surface area contributed by atoms with E-state index in [1.807, 2.05) is 0 Å². The molecule has 1 atom stereocenters. The summed E-state index contributed by atoms with van der Waals surface area (Å²) in [5.41, 5.74) is 0. The second kappa shape index (κ2) is 9.77. The molecule has 0 spiro atoms. The van der Waals surface area contributed by atoms with Gasteiger partial charge in [0.05, 0.1) is 0 Å². The predicted molar refractivity (Wildman–Crippen MR) is 85.7 cm³/mol. The van der Waals surface area contributed by atoms with E-state index in [-0.39, 0.29) is 0 Å². The molecule has 0 saturated heterocycles. The molecule has 0 aromatic rings. The van der Waals surface area contributed by atoms with Gasteiger partial charge in [0.15, 0.2) is 0 Å². The van der Waals surface area contributed by atoms with Crippen molar-refractivity contribution >= 4 is 0 Å². The fraction of sp³-hybridized carbons (Fsp3) is 1.00. The van der Waals surface area contributed by atoms with Gasteiger partial charge in [-0.25, -0.2) is 0 Å². The number of rotatable bonds is 9. The van der Waals surface area contributed by atoms with E-state index in [0.29, 0.717) is 6.04 Å². The van der Waals surface area contributed by atoms with Gasteiger partial charge >= 0.3 is 0 Å². The Kier molecular flexibility index (Phi) is 8.72. The van der Waals surface area contributed by atoms with Gasteiger partial charge in [-0.15, -0.1) is 0 Å². The molecule has 1 aliphatic carbocycles. The molecule has 19 heavy (non-hydrogen) atoms. The first kappa shape index (κ1) is 17.0. The van der Waals surface area contributed by atoms with Crippen molar-refractivity contribution in [2.45, 2.75) is 84.2 Å². The van der Waals surface area contributed by atoms with Crippen LogP contribution >= 0.6 is 0 Å². The Balaban J connectivity index is 2.02. The highest BCUT2D eigenvalue weighted by atomic mass is 15.1. The lowest BCUT2D eigenvalue weighted by Crippen LogP contribution is -2.35. The van der Waals surface area contributed by atoms with Gasteiger partial charge in [-0.2, -0.15) is 0 Å². The lowest BCUT2D eigenvalue weighted by Gasteiger charge is -2.33. The molecule has 2 heteroatoms. The number of hydrogen-bond acceptors (Lipinski definition) is 2. The summed E-state index contributed by atoms with van der Waals surface area (Å²) in [4.78, 5) is 2.62. The van der Waals surface area contributed by atoms with Crippen LogP contribution in [0.2, 0.25) is 0 Å². The standard InChI is InChI=1S/C17H36N2/c1-5-13-18-16(3)8-6-7-14-19(4)17-11-9-15(2)10-12-17/h15-18H,5-14H2,1-4H3. The van der Waals surface area contributed by atoms with Crippen LogP contribution in [0, 0.1) is 5.92 Å². The van der Waals surface area contributed by atoms with Crippen molar-refractivity contribution in [3.63, 3.8) is 0 Å². The monoisotopic (exact) mass is 268 g/mol. The van der Waals surface area contributed by atoms with Gasteiger partial charge in [0.25, 0.3) is 0 Å². The van der Waals surface area contributed by atoms with Crippen molar-refractivity contribution in [1.82, 2.24) is 10.2 Å². The van der Waals surface area contributed by atoms with Crippen LogP contribution in [0.1, 0.15) is 72.1 Å². The van der Waals surface area contributed by atoms with Crippen LogP contribution in [0.25, 0.3) is 0 Å². The summed E-state index contributed by atoms with van der Waals surface area (Å²) in [6.45, 7) is 9.42. The average molecular weight is 268 g/mol. The summed E-state index contributed by atoms with van der Waals surface area (Å²) >= 11 is 0. The number of hydrogen-bond donors (Lipinski definition) is 1. The molecule has 0 aromatic carbocycles. The van der Waals surface area contributed by atoms with Crippen molar-refractivity contribution in [2.24, 2.45) is 5.92 Å². The maximum atomic E-state index is 3.58. The van der Waals surface area contributed by atoms with Crippen LogP contribution in [-0.2, 0) is 0 Å². The maximum Gasteiger partial charge on any atom is 0.00924 e. The SMILES string of the molecule is CCCNC(C)CCCCN(C)C1CCC(C)CC1. The molecule has 1 N–H and O–H groups in total. The fourth-order valence-electron chi connectivity index (χ4n) is 3.17. The Morgan fingerprint density at radius 1 is 1.16 bits per heavy atom. The molecule has 1 aliphatic rings. The quantitative estimate of drug-likeness (QED) is 0.635. The normalized spacial score (nSPS) is 25.7. The van der Waals surface area contributed by atoms with Gasteiger partial charge in [0, 0.05) is 12.1 Å². The van der Waals surface area contributed by atoms with Crippen LogP contribution < -0.4 is 5.32 Å². The van der Waals surface area contributed by atoms with Gasteiger partial charge in [0.1, 0.15) is 0 Å². The van der Waals surface area contributed by atoms with E-state index < -0.39 is 0 Å². The summed E-state index contributed by atoms with van der Waals surface area (Å²) < 4.78 is 0. The molecule has 1 rings (SSSR count). The Labute approximate surface area is 121 Å². The Bertz CT molecular complexity index is 209. The largest absolute Gasteiger partial charge is 0.314 e. The van der Waals surface area contributed by atoms with Crippen LogP contribution in [0.5, 0.6) is 0 Å². The molecule has 0 aromatic heterocycles.